The van der Waals surface area contributed by atoms with Gasteiger partial charge in [-0.05, 0) is 24.6 Å². The average molecular weight is 304 g/mol. The van der Waals surface area contributed by atoms with Crippen LogP contribution in [-0.4, -0.2) is 18.8 Å². The third-order valence-corrected chi connectivity index (χ3v) is 2.81. The van der Waals surface area contributed by atoms with E-state index >= 15 is 0 Å². The minimum absolute atomic E-state index is 0.206. The Balaban J connectivity index is 2.56. The lowest BCUT2D eigenvalue weighted by Crippen LogP contribution is -2.24. The average Bonchev–Trinajstić information content (AvgIpc) is 2.39. The van der Waals surface area contributed by atoms with Crippen molar-refractivity contribution in [3.8, 4) is 5.75 Å². The summed E-state index contributed by atoms with van der Waals surface area (Å²) < 4.78 is 40.0. The van der Waals surface area contributed by atoms with Gasteiger partial charge in [0.2, 0.25) is 0 Å². The summed E-state index contributed by atoms with van der Waals surface area (Å²) in [4.78, 5) is 11.8. The van der Waals surface area contributed by atoms with Gasteiger partial charge in [0.1, 0.15) is 0 Å². The van der Waals surface area contributed by atoms with Gasteiger partial charge in [-0.1, -0.05) is 26.2 Å². The molecule has 0 aliphatic rings. The summed E-state index contributed by atoms with van der Waals surface area (Å²) in [6, 6.07) is 3.45. The quantitative estimate of drug-likeness (QED) is 0.599. The molecule has 0 radical (unpaired) electrons. The number of hydrogen-bond donors (Lipinski definition) is 2. The molecule has 0 saturated heterocycles. The van der Waals surface area contributed by atoms with Crippen molar-refractivity contribution in [3.63, 3.8) is 0 Å². The van der Waals surface area contributed by atoms with Crippen molar-refractivity contribution in [3.05, 3.63) is 23.8 Å². The molecular formula is C14H19F3N2O2. The van der Waals surface area contributed by atoms with E-state index in [-0.39, 0.29) is 17.2 Å². The van der Waals surface area contributed by atoms with Crippen molar-refractivity contribution in [2.45, 2.75) is 39.0 Å². The van der Waals surface area contributed by atoms with Gasteiger partial charge >= 0.3 is 6.36 Å². The van der Waals surface area contributed by atoms with Gasteiger partial charge in [0, 0.05) is 12.1 Å². The Hall–Kier alpha value is -1.92. The van der Waals surface area contributed by atoms with Crippen molar-refractivity contribution in [1.29, 1.82) is 0 Å². The normalized spacial score (nSPS) is 11.2. The van der Waals surface area contributed by atoms with Crippen molar-refractivity contribution < 1.29 is 22.7 Å². The number of nitrogens with one attached hydrogen (secondary N) is 1. The summed E-state index contributed by atoms with van der Waals surface area (Å²) in [7, 11) is 0. The minimum Gasteiger partial charge on any atom is -0.404 e. The standard InChI is InChI=1S/C14H19F3N2O2/c1-2-3-4-5-8-19-13(20)10-6-7-12(11(18)9-10)21-14(15,16)17/h6-7,9H,2-5,8,18H2,1H3,(H,19,20). The highest BCUT2D eigenvalue weighted by Gasteiger charge is 2.32. The molecule has 0 aromatic heterocycles. The number of nitrogen functional groups attached to an aromatic ring is 1. The highest BCUT2D eigenvalue weighted by molar-refractivity contribution is 5.95. The second-order valence-electron chi connectivity index (χ2n) is 4.62. The number of anilines is 1. The minimum atomic E-state index is -4.81. The lowest BCUT2D eigenvalue weighted by Gasteiger charge is -2.12. The summed E-state index contributed by atoms with van der Waals surface area (Å²) in [6.45, 7) is 2.62. The Kier molecular flexibility index (Phi) is 6.33. The summed E-state index contributed by atoms with van der Waals surface area (Å²) in [5.74, 6) is -0.876. The van der Waals surface area contributed by atoms with Crippen LogP contribution < -0.4 is 15.8 Å². The molecule has 1 amide bonds. The number of halogens is 3. The van der Waals surface area contributed by atoms with Gasteiger partial charge in [0.25, 0.3) is 5.91 Å². The maximum atomic E-state index is 12.1. The number of amides is 1. The molecule has 21 heavy (non-hydrogen) atoms. The lowest BCUT2D eigenvalue weighted by molar-refractivity contribution is -0.274. The number of rotatable bonds is 7. The zero-order valence-electron chi connectivity index (χ0n) is 11.8. The fraction of sp³-hybridized carbons (Fsp3) is 0.500. The molecule has 0 atom stereocenters. The predicted molar refractivity (Wildman–Crippen MR) is 74.0 cm³/mol. The van der Waals surface area contributed by atoms with E-state index in [0.717, 1.165) is 31.7 Å². The van der Waals surface area contributed by atoms with Gasteiger partial charge in [0.15, 0.2) is 5.75 Å². The lowest BCUT2D eigenvalue weighted by atomic mass is 10.1. The van der Waals surface area contributed by atoms with Crippen LogP contribution in [0.1, 0.15) is 43.0 Å². The SMILES string of the molecule is CCCCCCNC(=O)c1ccc(OC(F)(F)F)c(N)c1. The molecule has 7 heteroatoms. The Morgan fingerprint density at radius 3 is 2.57 bits per heavy atom. The van der Waals surface area contributed by atoms with E-state index in [1.165, 1.54) is 12.1 Å². The Bertz CT molecular complexity index is 476. The Labute approximate surface area is 121 Å². The van der Waals surface area contributed by atoms with Crippen molar-refractivity contribution in [1.82, 2.24) is 5.32 Å². The van der Waals surface area contributed by atoms with Crippen LogP contribution in [0.3, 0.4) is 0 Å². The topological polar surface area (TPSA) is 64.3 Å². The highest BCUT2D eigenvalue weighted by atomic mass is 19.4. The molecule has 0 fully saturated rings. The smallest absolute Gasteiger partial charge is 0.404 e. The van der Waals surface area contributed by atoms with Crippen LogP contribution in [0, 0.1) is 0 Å². The van der Waals surface area contributed by atoms with E-state index in [0.29, 0.717) is 6.54 Å². The van der Waals surface area contributed by atoms with E-state index in [2.05, 4.69) is 17.0 Å². The van der Waals surface area contributed by atoms with Crippen LogP contribution in [0.25, 0.3) is 0 Å². The molecule has 1 aromatic carbocycles. The molecule has 0 saturated carbocycles. The summed E-state index contributed by atoms with van der Waals surface area (Å²) in [6.07, 6.45) is -0.712. The third kappa shape index (κ3) is 6.37. The predicted octanol–water partition coefficient (Wildman–Crippen LogP) is 3.48. The monoisotopic (exact) mass is 304 g/mol. The molecule has 3 N–H and O–H groups in total. The van der Waals surface area contributed by atoms with E-state index in [1.54, 1.807) is 0 Å². The van der Waals surface area contributed by atoms with Crippen molar-refractivity contribution in [2.75, 3.05) is 12.3 Å². The number of carbonyl (C=O) groups excluding carboxylic acids is 1. The molecule has 0 spiro atoms. The van der Waals surface area contributed by atoms with Crippen LogP contribution in [0.2, 0.25) is 0 Å². The van der Waals surface area contributed by atoms with Gasteiger partial charge < -0.3 is 15.8 Å². The second-order valence-corrected chi connectivity index (χ2v) is 4.62. The molecule has 118 valence electrons. The Morgan fingerprint density at radius 1 is 1.29 bits per heavy atom. The van der Waals surface area contributed by atoms with Crippen molar-refractivity contribution in [2.24, 2.45) is 0 Å². The number of benzene rings is 1. The van der Waals surface area contributed by atoms with Crippen LogP contribution in [0.15, 0.2) is 18.2 Å². The first-order valence-electron chi connectivity index (χ1n) is 6.77. The van der Waals surface area contributed by atoms with E-state index < -0.39 is 12.1 Å². The first-order valence-corrected chi connectivity index (χ1v) is 6.77. The van der Waals surface area contributed by atoms with Gasteiger partial charge in [0.05, 0.1) is 5.69 Å². The number of carbonyl (C=O) groups is 1. The number of hydrogen-bond acceptors (Lipinski definition) is 3. The molecule has 0 heterocycles. The number of alkyl halides is 3. The highest BCUT2D eigenvalue weighted by Crippen LogP contribution is 2.28. The fourth-order valence-corrected chi connectivity index (χ4v) is 1.76. The van der Waals surface area contributed by atoms with Gasteiger partial charge in [-0.3, -0.25) is 4.79 Å². The van der Waals surface area contributed by atoms with Crippen molar-refractivity contribution >= 4 is 11.6 Å². The van der Waals surface area contributed by atoms with E-state index in [1.807, 2.05) is 0 Å². The van der Waals surface area contributed by atoms with E-state index in [9.17, 15) is 18.0 Å². The molecule has 1 rings (SSSR count). The summed E-state index contributed by atoms with van der Waals surface area (Å²) >= 11 is 0. The molecule has 0 aliphatic heterocycles. The summed E-state index contributed by atoms with van der Waals surface area (Å²) in [5, 5.41) is 2.70. The van der Waals surface area contributed by atoms with E-state index in [4.69, 9.17) is 5.73 Å². The van der Waals surface area contributed by atoms with Gasteiger partial charge in [-0.2, -0.15) is 0 Å². The third-order valence-electron chi connectivity index (χ3n) is 2.81. The molecule has 0 bridgehead atoms. The van der Waals surface area contributed by atoms with Gasteiger partial charge in [-0.25, -0.2) is 0 Å². The number of ether oxygens (including phenoxy) is 1. The zero-order valence-corrected chi connectivity index (χ0v) is 11.8. The first-order chi connectivity index (χ1) is 9.83. The zero-order chi connectivity index (χ0) is 15.9. The number of unbranched alkanes of at least 4 members (excludes halogenated alkanes) is 3. The van der Waals surface area contributed by atoms with Crippen LogP contribution in [-0.2, 0) is 0 Å². The second kappa shape index (κ2) is 7.75. The Morgan fingerprint density at radius 2 is 2.00 bits per heavy atom. The first kappa shape index (κ1) is 17.1. The summed E-state index contributed by atoms with van der Waals surface area (Å²) in [5.41, 5.74) is 5.43. The molecule has 0 aliphatic carbocycles. The molecule has 1 aromatic rings. The number of nitrogens with two attached hydrogens (primary N) is 1. The molecule has 0 unspecified atom stereocenters. The van der Waals surface area contributed by atoms with Crippen LogP contribution >= 0.6 is 0 Å². The fourth-order valence-electron chi connectivity index (χ4n) is 1.76. The largest absolute Gasteiger partial charge is 0.573 e. The maximum absolute atomic E-state index is 12.1. The van der Waals surface area contributed by atoms with Crippen LogP contribution in [0.5, 0.6) is 5.75 Å². The molecule has 4 nitrogen and oxygen atoms in total. The molecular weight excluding hydrogens is 285 g/mol. The maximum Gasteiger partial charge on any atom is 0.573 e. The van der Waals surface area contributed by atoms with Crippen LogP contribution in [0.4, 0.5) is 18.9 Å². The van der Waals surface area contributed by atoms with Gasteiger partial charge in [-0.15, -0.1) is 13.2 Å².